The minimum absolute atomic E-state index is 0.0927. The number of ether oxygens (including phenoxy) is 1. The molecule has 0 aliphatic heterocycles. The van der Waals surface area contributed by atoms with Gasteiger partial charge < -0.3 is 15.2 Å². The van der Waals surface area contributed by atoms with Crippen molar-refractivity contribution < 1.29 is 23.4 Å². The zero-order chi connectivity index (χ0) is 20.0. The normalized spacial score (nSPS) is 13.1. The Morgan fingerprint density at radius 1 is 1.22 bits per heavy atom. The predicted molar refractivity (Wildman–Crippen MR) is 100 cm³/mol. The van der Waals surface area contributed by atoms with Gasteiger partial charge in [-0.2, -0.15) is 0 Å². The van der Waals surface area contributed by atoms with Crippen LogP contribution in [-0.2, 0) is 10.4 Å². The largest absolute Gasteiger partial charge is 0.492 e. The Morgan fingerprint density at radius 2 is 1.96 bits per heavy atom. The van der Waals surface area contributed by atoms with Crippen LogP contribution in [0, 0.1) is 11.6 Å². The molecule has 0 saturated heterocycles. The third kappa shape index (κ3) is 6.34. The average molecular weight is 418 g/mol. The fraction of sp³-hybridized carbons (Fsp3) is 0.316. The van der Waals surface area contributed by atoms with Gasteiger partial charge in [0, 0.05) is 23.1 Å². The van der Waals surface area contributed by atoms with Gasteiger partial charge in [-0.25, -0.2) is 8.78 Å². The molecule has 1 amide bonds. The van der Waals surface area contributed by atoms with E-state index in [4.69, 9.17) is 27.9 Å². The number of hydrogen-bond donors (Lipinski definition) is 2. The molecule has 27 heavy (non-hydrogen) atoms. The highest BCUT2D eigenvalue weighted by atomic mass is 35.5. The van der Waals surface area contributed by atoms with Gasteiger partial charge in [-0.3, -0.25) is 4.79 Å². The van der Waals surface area contributed by atoms with E-state index < -0.39 is 17.2 Å². The lowest BCUT2D eigenvalue weighted by atomic mass is 9.95. The van der Waals surface area contributed by atoms with E-state index >= 15 is 0 Å². The van der Waals surface area contributed by atoms with Gasteiger partial charge in [0.15, 0.2) is 0 Å². The number of carbonyl (C=O) groups is 1. The van der Waals surface area contributed by atoms with Crippen molar-refractivity contribution in [3.05, 3.63) is 63.6 Å². The van der Waals surface area contributed by atoms with E-state index in [1.165, 1.54) is 6.92 Å². The van der Waals surface area contributed by atoms with Crippen molar-refractivity contribution >= 4 is 29.1 Å². The van der Waals surface area contributed by atoms with E-state index in [-0.39, 0.29) is 31.0 Å². The quantitative estimate of drug-likeness (QED) is 0.623. The molecule has 1 atom stereocenters. The van der Waals surface area contributed by atoms with E-state index in [1.54, 1.807) is 18.2 Å². The van der Waals surface area contributed by atoms with Crippen LogP contribution in [0.5, 0.6) is 5.75 Å². The lowest BCUT2D eigenvalue weighted by molar-refractivity contribution is -0.122. The van der Waals surface area contributed by atoms with Gasteiger partial charge in [0.05, 0.1) is 18.2 Å². The minimum Gasteiger partial charge on any atom is -0.492 e. The summed E-state index contributed by atoms with van der Waals surface area (Å²) in [5, 5.41) is 13.8. The molecule has 2 aromatic rings. The van der Waals surface area contributed by atoms with Crippen LogP contribution in [0.2, 0.25) is 10.0 Å². The highest BCUT2D eigenvalue weighted by Crippen LogP contribution is 2.27. The summed E-state index contributed by atoms with van der Waals surface area (Å²) in [6.45, 7) is 1.39. The summed E-state index contributed by atoms with van der Waals surface area (Å²) in [6.07, 6.45) is 0.561. The zero-order valence-electron chi connectivity index (χ0n) is 14.6. The maximum absolute atomic E-state index is 13.8. The van der Waals surface area contributed by atoms with Crippen LogP contribution >= 0.6 is 23.2 Å². The molecule has 0 radical (unpaired) electrons. The summed E-state index contributed by atoms with van der Waals surface area (Å²) in [5.41, 5.74) is -1.76. The Bertz CT molecular complexity index is 816. The molecule has 0 aliphatic rings. The summed E-state index contributed by atoms with van der Waals surface area (Å²) in [5.74, 6) is -1.47. The molecule has 0 spiro atoms. The number of halogens is 4. The first kappa shape index (κ1) is 21.4. The number of benzene rings is 2. The van der Waals surface area contributed by atoms with Crippen molar-refractivity contribution in [1.82, 2.24) is 5.32 Å². The molecule has 0 aliphatic carbocycles. The van der Waals surface area contributed by atoms with Crippen molar-refractivity contribution in [2.24, 2.45) is 0 Å². The summed E-state index contributed by atoms with van der Waals surface area (Å²) in [7, 11) is 0. The molecule has 4 nitrogen and oxygen atoms in total. The second-order valence-corrected chi connectivity index (χ2v) is 7.05. The van der Waals surface area contributed by atoms with Crippen molar-refractivity contribution in [3.8, 4) is 5.75 Å². The first-order chi connectivity index (χ1) is 12.7. The van der Waals surface area contributed by atoms with E-state index in [0.29, 0.717) is 28.3 Å². The Labute approximate surface area is 166 Å². The molecule has 2 N–H and O–H groups in total. The third-order valence-electron chi connectivity index (χ3n) is 3.84. The Morgan fingerprint density at radius 3 is 2.63 bits per heavy atom. The van der Waals surface area contributed by atoms with E-state index in [2.05, 4.69) is 5.32 Å². The number of hydrogen-bond acceptors (Lipinski definition) is 3. The van der Waals surface area contributed by atoms with E-state index in [0.717, 1.165) is 12.1 Å². The molecule has 2 aromatic carbocycles. The van der Waals surface area contributed by atoms with Crippen LogP contribution in [0.4, 0.5) is 8.78 Å². The minimum atomic E-state index is -1.67. The standard InChI is InChI=1S/C19H19Cl2F2NO3/c1-19(26,14-6-5-13(22)10-16(14)23)11-24-18(25)3-2-8-27-17-7-4-12(20)9-15(17)21/h4-7,9-10,26H,2-3,8,11H2,1H3,(H,24,25). The van der Waals surface area contributed by atoms with Gasteiger partial charge in [0.25, 0.3) is 0 Å². The predicted octanol–water partition coefficient (Wildman–Crippen LogP) is 4.45. The van der Waals surface area contributed by atoms with Gasteiger partial charge in [0.2, 0.25) is 5.91 Å². The number of nitrogens with one attached hydrogen (secondary N) is 1. The van der Waals surface area contributed by atoms with E-state index in [9.17, 15) is 18.7 Å². The Kier molecular flexibility index (Phi) is 7.41. The molecule has 0 saturated carbocycles. The molecule has 0 bridgehead atoms. The number of rotatable bonds is 8. The first-order valence-electron chi connectivity index (χ1n) is 8.21. The SMILES string of the molecule is CC(O)(CNC(=O)CCCOc1ccc(Cl)cc1Cl)c1ccc(F)cc1F. The second kappa shape index (κ2) is 9.35. The Balaban J connectivity index is 1.77. The van der Waals surface area contributed by atoms with Crippen LogP contribution in [0.15, 0.2) is 36.4 Å². The fourth-order valence-electron chi connectivity index (χ4n) is 2.39. The number of carbonyl (C=O) groups excluding carboxylic acids is 1. The van der Waals surface area contributed by atoms with Gasteiger partial charge in [-0.1, -0.05) is 29.3 Å². The van der Waals surface area contributed by atoms with Crippen molar-refractivity contribution in [1.29, 1.82) is 0 Å². The monoisotopic (exact) mass is 417 g/mol. The summed E-state index contributed by atoms with van der Waals surface area (Å²) >= 11 is 11.8. The van der Waals surface area contributed by atoms with Crippen LogP contribution in [0.1, 0.15) is 25.3 Å². The van der Waals surface area contributed by atoms with Gasteiger partial charge in [0.1, 0.15) is 23.0 Å². The third-order valence-corrected chi connectivity index (χ3v) is 4.37. The summed E-state index contributed by atoms with van der Waals surface area (Å²) < 4.78 is 32.2. The maximum atomic E-state index is 13.8. The van der Waals surface area contributed by atoms with Crippen LogP contribution in [0.3, 0.4) is 0 Å². The highest BCUT2D eigenvalue weighted by molar-refractivity contribution is 6.35. The van der Waals surface area contributed by atoms with Crippen molar-refractivity contribution in [2.75, 3.05) is 13.2 Å². The topological polar surface area (TPSA) is 58.6 Å². The zero-order valence-corrected chi connectivity index (χ0v) is 16.1. The first-order valence-corrected chi connectivity index (χ1v) is 8.97. The summed E-state index contributed by atoms with van der Waals surface area (Å²) in [6, 6.07) is 7.73. The van der Waals surface area contributed by atoms with Gasteiger partial charge >= 0.3 is 0 Å². The molecule has 0 fully saturated rings. The number of amides is 1. The molecular formula is C19H19Cl2F2NO3. The molecule has 0 heterocycles. The van der Waals surface area contributed by atoms with Crippen molar-refractivity contribution in [2.45, 2.75) is 25.4 Å². The van der Waals surface area contributed by atoms with Crippen LogP contribution < -0.4 is 10.1 Å². The smallest absolute Gasteiger partial charge is 0.220 e. The van der Waals surface area contributed by atoms with E-state index in [1.807, 2.05) is 0 Å². The van der Waals surface area contributed by atoms with Crippen LogP contribution in [-0.4, -0.2) is 24.2 Å². The average Bonchev–Trinajstić information content (AvgIpc) is 2.58. The molecule has 2 rings (SSSR count). The highest BCUT2D eigenvalue weighted by Gasteiger charge is 2.27. The molecule has 146 valence electrons. The Hall–Kier alpha value is -1.89. The maximum Gasteiger partial charge on any atom is 0.220 e. The van der Waals surface area contributed by atoms with Gasteiger partial charge in [-0.05, 0) is 37.6 Å². The lowest BCUT2D eigenvalue weighted by Gasteiger charge is -2.24. The molecular weight excluding hydrogens is 399 g/mol. The lowest BCUT2D eigenvalue weighted by Crippen LogP contribution is -2.39. The number of aliphatic hydroxyl groups is 1. The molecule has 1 unspecified atom stereocenters. The molecule has 0 aromatic heterocycles. The second-order valence-electron chi connectivity index (χ2n) is 6.20. The van der Waals surface area contributed by atoms with Crippen LogP contribution in [0.25, 0.3) is 0 Å². The van der Waals surface area contributed by atoms with Crippen molar-refractivity contribution in [3.63, 3.8) is 0 Å². The fourth-order valence-corrected chi connectivity index (χ4v) is 2.85. The summed E-state index contributed by atoms with van der Waals surface area (Å²) in [4.78, 5) is 11.9. The molecule has 8 heteroatoms. The van der Waals surface area contributed by atoms with Gasteiger partial charge in [-0.15, -0.1) is 0 Å².